The lowest BCUT2D eigenvalue weighted by Gasteiger charge is -2.07. The molecular formula is C15H12FN3. The number of benzene rings is 1. The molecule has 19 heavy (non-hydrogen) atoms. The van der Waals surface area contributed by atoms with Crippen molar-refractivity contribution >= 4 is 0 Å². The lowest BCUT2D eigenvalue weighted by molar-refractivity contribution is 0.627. The Morgan fingerprint density at radius 1 is 1.05 bits per heavy atom. The van der Waals surface area contributed by atoms with E-state index >= 15 is 0 Å². The van der Waals surface area contributed by atoms with Crippen LogP contribution in [0.2, 0.25) is 0 Å². The highest BCUT2D eigenvalue weighted by Crippen LogP contribution is 2.20. The molecule has 0 saturated heterocycles. The maximum absolute atomic E-state index is 13.0. The van der Waals surface area contributed by atoms with E-state index in [0.29, 0.717) is 0 Å². The molecule has 0 fully saturated rings. The quantitative estimate of drug-likeness (QED) is 0.701. The minimum absolute atomic E-state index is 0.251. The number of pyridine rings is 1. The van der Waals surface area contributed by atoms with Crippen LogP contribution < -0.4 is 0 Å². The first kappa shape index (κ1) is 11.6. The van der Waals surface area contributed by atoms with Crippen LogP contribution in [-0.4, -0.2) is 14.5 Å². The van der Waals surface area contributed by atoms with E-state index in [1.165, 1.54) is 12.1 Å². The Bertz CT molecular complexity index is 701. The topological polar surface area (TPSA) is 30.7 Å². The van der Waals surface area contributed by atoms with Gasteiger partial charge in [-0.15, -0.1) is 0 Å². The zero-order valence-corrected chi connectivity index (χ0v) is 10.4. The van der Waals surface area contributed by atoms with Crippen LogP contribution in [0.3, 0.4) is 0 Å². The highest BCUT2D eigenvalue weighted by atomic mass is 19.1. The second kappa shape index (κ2) is 4.65. The molecule has 0 spiro atoms. The average Bonchev–Trinajstić information content (AvgIpc) is 2.89. The highest BCUT2D eigenvalue weighted by Gasteiger charge is 2.08. The Morgan fingerprint density at radius 2 is 1.84 bits per heavy atom. The summed E-state index contributed by atoms with van der Waals surface area (Å²) in [6.45, 7) is 1.94. The molecule has 2 aromatic heterocycles. The molecule has 4 heteroatoms. The van der Waals surface area contributed by atoms with E-state index in [4.69, 9.17) is 0 Å². The molecule has 2 heterocycles. The van der Waals surface area contributed by atoms with Gasteiger partial charge in [-0.25, -0.2) is 14.4 Å². The van der Waals surface area contributed by atoms with Crippen molar-refractivity contribution < 1.29 is 4.39 Å². The number of rotatable bonds is 2. The number of aryl methyl sites for hydroxylation is 1. The number of nitrogens with zero attached hydrogens (tertiary/aromatic N) is 3. The van der Waals surface area contributed by atoms with Crippen molar-refractivity contribution in [1.82, 2.24) is 14.5 Å². The zero-order valence-electron chi connectivity index (χ0n) is 10.4. The normalized spacial score (nSPS) is 10.6. The van der Waals surface area contributed by atoms with E-state index < -0.39 is 0 Å². The smallest absolute Gasteiger partial charge is 0.163 e. The summed E-state index contributed by atoms with van der Waals surface area (Å²) in [6, 6.07) is 12.1. The molecule has 0 unspecified atom stereocenters. The fraction of sp³-hybridized carbons (Fsp3) is 0.0667. The van der Waals surface area contributed by atoms with Crippen LogP contribution in [0.4, 0.5) is 4.39 Å². The second-order valence-corrected chi connectivity index (χ2v) is 4.26. The maximum atomic E-state index is 13.0. The van der Waals surface area contributed by atoms with Gasteiger partial charge in [0.05, 0.1) is 0 Å². The Hall–Kier alpha value is -2.49. The summed E-state index contributed by atoms with van der Waals surface area (Å²) < 4.78 is 14.9. The van der Waals surface area contributed by atoms with Crippen molar-refractivity contribution in [3.8, 4) is 17.2 Å². The van der Waals surface area contributed by atoms with Gasteiger partial charge in [-0.3, -0.25) is 4.57 Å². The van der Waals surface area contributed by atoms with Crippen molar-refractivity contribution in [3.63, 3.8) is 0 Å². The van der Waals surface area contributed by atoms with Crippen molar-refractivity contribution in [2.75, 3.05) is 0 Å². The van der Waals surface area contributed by atoms with Crippen LogP contribution >= 0.6 is 0 Å². The summed E-state index contributed by atoms with van der Waals surface area (Å²) in [4.78, 5) is 8.80. The lowest BCUT2D eigenvalue weighted by atomic mass is 10.2. The number of hydrogen-bond acceptors (Lipinski definition) is 2. The van der Waals surface area contributed by atoms with E-state index in [1.54, 1.807) is 18.3 Å². The molecule has 0 aliphatic carbocycles. The largest absolute Gasteiger partial charge is 0.299 e. The van der Waals surface area contributed by atoms with Gasteiger partial charge in [-0.1, -0.05) is 6.07 Å². The molecule has 3 aromatic rings. The van der Waals surface area contributed by atoms with Crippen molar-refractivity contribution in [1.29, 1.82) is 0 Å². The fourth-order valence-electron chi connectivity index (χ4n) is 1.97. The van der Waals surface area contributed by atoms with Crippen LogP contribution in [-0.2, 0) is 0 Å². The van der Waals surface area contributed by atoms with Crippen molar-refractivity contribution in [2.45, 2.75) is 6.92 Å². The minimum atomic E-state index is -0.251. The summed E-state index contributed by atoms with van der Waals surface area (Å²) >= 11 is 0. The van der Waals surface area contributed by atoms with Gasteiger partial charge in [0.15, 0.2) is 5.82 Å². The third kappa shape index (κ3) is 2.25. The van der Waals surface area contributed by atoms with E-state index in [1.807, 2.05) is 35.9 Å². The first-order chi connectivity index (χ1) is 9.24. The third-order valence-corrected chi connectivity index (χ3v) is 2.86. The van der Waals surface area contributed by atoms with Gasteiger partial charge in [-0.05, 0) is 43.3 Å². The molecule has 0 bridgehead atoms. The van der Waals surface area contributed by atoms with Gasteiger partial charge in [0.1, 0.15) is 11.5 Å². The van der Waals surface area contributed by atoms with Crippen LogP contribution in [0.25, 0.3) is 17.2 Å². The highest BCUT2D eigenvalue weighted by molar-refractivity contribution is 5.54. The number of halogens is 1. The molecule has 0 atom stereocenters. The molecule has 1 aromatic carbocycles. The zero-order chi connectivity index (χ0) is 13.2. The maximum Gasteiger partial charge on any atom is 0.163 e. The predicted molar refractivity (Wildman–Crippen MR) is 71.5 cm³/mol. The van der Waals surface area contributed by atoms with Gasteiger partial charge in [0.25, 0.3) is 0 Å². The monoisotopic (exact) mass is 253 g/mol. The van der Waals surface area contributed by atoms with E-state index in [0.717, 1.165) is 22.9 Å². The lowest BCUT2D eigenvalue weighted by Crippen LogP contribution is -1.98. The van der Waals surface area contributed by atoms with Crippen molar-refractivity contribution in [3.05, 3.63) is 66.4 Å². The van der Waals surface area contributed by atoms with E-state index in [2.05, 4.69) is 9.97 Å². The Balaban J connectivity index is 2.10. The second-order valence-electron chi connectivity index (χ2n) is 4.26. The van der Waals surface area contributed by atoms with Gasteiger partial charge in [0.2, 0.25) is 0 Å². The molecule has 0 aliphatic heterocycles. The summed E-state index contributed by atoms with van der Waals surface area (Å²) in [5, 5.41) is 0. The van der Waals surface area contributed by atoms with Gasteiger partial charge in [-0.2, -0.15) is 0 Å². The number of imidazole rings is 1. The molecule has 0 aliphatic rings. The molecule has 0 N–H and O–H groups in total. The Morgan fingerprint density at radius 3 is 2.58 bits per heavy atom. The Kier molecular flexibility index (Phi) is 2.83. The van der Waals surface area contributed by atoms with Gasteiger partial charge < -0.3 is 0 Å². The average molecular weight is 253 g/mol. The van der Waals surface area contributed by atoms with Gasteiger partial charge >= 0.3 is 0 Å². The number of hydrogen-bond donors (Lipinski definition) is 0. The van der Waals surface area contributed by atoms with Crippen LogP contribution in [0.1, 0.15) is 5.69 Å². The van der Waals surface area contributed by atoms with E-state index in [9.17, 15) is 4.39 Å². The summed E-state index contributed by atoms with van der Waals surface area (Å²) in [5.74, 6) is 0.495. The van der Waals surface area contributed by atoms with Crippen LogP contribution in [0.5, 0.6) is 0 Å². The standard InChI is InChI=1S/C15H12FN3/c1-11-3-2-4-14(18-11)15-17-9-10-19(15)13-7-5-12(16)6-8-13/h2-10H,1H3. The third-order valence-electron chi connectivity index (χ3n) is 2.86. The molecule has 3 rings (SSSR count). The fourth-order valence-corrected chi connectivity index (χ4v) is 1.97. The van der Waals surface area contributed by atoms with Crippen LogP contribution in [0, 0.1) is 12.7 Å². The number of aromatic nitrogens is 3. The van der Waals surface area contributed by atoms with Gasteiger partial charge in [0, 0.05) is 23.8 Å². The molecule has 0 saturated carbocycles. The molecule has 0 radical (unpaired) electrons. The first-order valence-corrected chi connectivity index (χ1v) is 5.97. The first-order valence-electron chi connectivity index (χ1n) is 5.97. The van der Waals surface area contributed by atoms with Crippen molar-refractivity contribution in [2.24, 2.45) is 0 Å². The molecule has 3 nitrogen and oxygen atoms in total. The van der Waals surface area contributed by atoms with Crippen LogP contribution in [0.15, 0.2) is 54.9 Å². The van der Waals surface area contributed by atoms with E-state index in [-0.39, 0.29) is 5.82 Å². The molecular weight excluding hydrogens is 241 g/mol. The summed E-state index contributed by atoms with van der Waals surface area (Å²) in [6.07, 6.45) is 3.55. The SMILES string of the molecule is Cc1cccc(-c2nccn2-c2ccc(F)cc2)n1. The Labute approximate surface area is 110 Å². The predicted octanol–water partition coefficient (Wildman–Crippen LogP) is 3.38. The molecule has 94 valence electrons. The summed E-state index contributed by atoms with van der Waals surface area (Å²) in [7, 11) is 0. The summed E-state index contributed by atoms with van der Waals surface area (Å²) in [5.41, 5.74) is 2.60. The molecule has 0 amide bonds. The minimum Gasteiger partial charge on any atom is -0.299 e.